The number of carboxylic acids is 1. The Hall–Kier alpha value is -1.55. The highest BCUT2D eigenvalue weighted by molar-refractivity contribution is 5.72. The Kier molecular flexibility index (Phi) is 4.97. The maximum atomic E-state index is 10.9. The molecule has 4 heteroatoms. The van der Waals surface area contributed by atoms with Gasteiger partial charge in [0.05, 0.1) is 6.61 Å². The molecule has 17 heavy (non-hydrogen) atoms. The van der Waals surface area contributed by atoms with Crippen LogP contribution in [-0.4, -0.2) is 35.7 Å². The molecule has 0 heterocycles. The van der Waals surface area contributed by atoms with E-state index in [1.165, 1.54) is 0 Å². The minimum atomic E-state index is -0.818. The van der Waals surface area contributed by atoms with Gasteiger partial charge in [-0.25, -0.2) is 0 Å². The van der Waals surface area contributed by atoms with Crippen molar-refractivity contribution in [3.63, 3.8) is 0 Å². The molecule has 0 unspecified atom stereocenters. The Morgan fingerprint density at radius 2 is 2.12 bits per heavy atom. The van der Waals surface area contributed by atoms with Crippen LogP contribution in [0.5, 0.6) is 5.75 Å². The van der Waals surface area contributed by atoms with Crippen LogP contribution in [-0.2, 0) is 11.3 Å². The Labute approximate surface area is 102 Å². The summed E-state index contributed by atoms with van der Waals surface area (Å²) in [6.45, 7) is 4.77. The molecule has 1 aromatic carbocycles. The quantitative estimate of drug-likeness (QED) is 0.822. The molecule has 1 N–H and O–H groups in total. The first-order valence-corrected chi connectivity index (χ1v) is 5.70. The Morgan fingerprint density at radius 3 is 2.71 bits per heavy atom. The average molecular weight is 237 g/mol. The summed E-state index contributed by atoms with van der Waals surface area (Å²) in [5.74, 6) is 0.000768. The van der Waals surface area contributed by atoms with Gasteiger partial charge in [0.2, 0.25) is 0 Å². The number of ether oxygens (including phenoxy) is 1. The second-order valence-corrected chi connectivity index (χ2v) is 3.97. The molecule has 0 bridgehead atoms. The van der Waals surface area contributed by atoms with Gasteiger partial charge >= 0.3 is 5.97 Å². The van der Waals surface area contributed by atoms with Crippen LogP contribution in [0.2, 0.25) is 0 Å². The Balaban J connectivity index is 2.76. The molecule has 0 radical (unpaired) electrons. The van der Waals surface area contributed by atoms with Gasteiger partial charge in [0.15, 0.2) is 0 Å². The highest BCUT2D eigenvalue weighted by atomic mass is 16.5. The second-order valence-electron chi connectivity index (χ2n) is 3.97. The van der Waals surface area contributed by atoms with Crippen LogP contribution in [0.4, 0.5) is 0 Å². The van der Waals surface area contributed by atoms with Crippen molar-refractivity contribution in [1.29, 1.82) is 0 Å². The third kappa shape index (κ3) is 3.75. The molecule has 1 rings (SSSR count). The molecular formula is C13H19NO3. The van der Waals surface area contributed by atoms with Gasteiger partial charge in [0.25, 0.3) is 0 Å². The molecule has 0 saturated carbocycles. The second kappa shape index (κ2) is 6.25. The normalized spacial score (nSPS) is 12.5. The number of nitrogens with zero attached hydrogens (tertiary/aromatic N) is 1. The summed E-state index contributed by atoms with van der Waals surface area (Å²) in [7, 11) is 1.79. The van der Waals surface area contributed by atoms with Crippen molar-refractivity contribution in [3.8, 4) is 5.75 Å². The highest BCUT2D eigenvalue weighted by Crippen LogP contribution is 2.20. The van der Waals surface area contributed by atoms with Crippen LogP contribution < -0.4 is 4.74 Å². The Morgan fingerprint density at radius 1 is 1.47 bits per heavy atom. The van der Waals surface area contributed by atoms with E-state index in [0.29, 0.717) is 13.2 Å². The SMILES string of the molecule is CCOc1ccccc1CN(C)[C@H](C)C(=O)O. The van der Waals surface area contributed by atoms with E-state index in [1.54, 1.807) is 18.9 Å². The zero-order valence-electron chi connectivity index (χ0n) is 10.5. The molecule has 0 aromatic heterocycles. The van der Waals surface area contributed by atoms with Crippen molar-refractivity contribution in [2.24, 2.45) is 0 Å². The van der Waals surface area contributed by atoms with Crippen LogP contribution >= 0.6 is 0 Å². The molecule has 0 fully saturated rings. The monoisotopic (exact) mass is 237 g/mol. The van der Waals surface area contributed by atoms with Crippen LogP contribution in [0.15, 0.2) is 24.3 Å². The summed E-state index contributed by atoms with van der Waals surface area (Å²) in [4.78, 5) is 12.6. The highest BCUT2D eigenvalue weighted by Gasteiger charge is 2.17. The lowest BCUT2D eigenvalue weighted by Crippen LogP contribution is -2.35. The molecule has 94 valence electrons. The van der Waals surface area contributed by atoms with E-state index in [-0.39, 0.29) is 0 Å². The molecule has 4 nitrogen and oxygen atoms in total. The Bertz CT molecular complexity index is 379. The number of hydrogen-bond acceptors (Lipinski definition) is 3. The fourth-order valence-corrected chi connectivity index (χ4v) is 1.52. The smallest absolute Gasteiger partial charge is 0.320 e. The van der Waals surface area contributed by atoms with Gasteiger partial charge < -0.3 is 9.84 Å². The lowest BCUT2D eigenvalue weighted by atomic mass is 10.1. The molecule has 0 amide bonds. The van der Waals surface area contributed by atoms with E-state index >= 15 is 0 Å². The number of likely N-dealkylation sites (N-methyl/N-ethyl adjacent to an activating group) is 1. The molecule has 0 aliphatic heterocycles. The summed E-state index contributed by atoms with van der Waals surface area (Å²) >= 11 is 0. The van der Waals surface area contributed by atoms with E-state index in [0.717, 1.165) is 11.3 Å². The predicted molar refractivity (Wildman–Crippen MR) is 66.2 cm³/mol. The van der Waals surface area contributed by atoms with Gasteiger partial charge in [-0.1, -0.05) is 18.2 Å². The third-order valence-corrected chi connectivity index (χ3v) is 2.71. The molecule has 1 atom stereocenters. The summed E-state index contributed by atoms with van der Waals surface area (Å²) in [5.41, 5.74) is 1.00. The lowest BCUT2D eigenvalue weighted by molar-refractivity contribution is -0.142. The first kappa shape index (κ1) is 13.5. The minimum absolute atomic E-state index is 0.510. The number of carbonyl (C=O) groups is 1. The predicted octanol–water partition coefficient (Wildman–Crippen LogP) is 1.99. The lowest BCUT2D eigenvalue weighted by Gasteiger charge is -2.22. The zero-order valence-corrected chi connectivity index (χ0v) is 10.5. The van der Waals surface area contributed by atoms with E-state index in [4.69, 9.17) is 9.84 Å². The first-order chi connectivity index (χ1) is 8.06. The van der Waals surface area contributed by atoms with Gasteiger partial charge in [-0.2, -0.15) is 0 Å². The summed E-state index contributed by atoms with van der Waals surface area (Å²) in [6, 6.07) is 7.19. The number of para-hydroxylation sites is 1. The molecule has 0 aliphatic carbocycles. The number of carboxylic acid groups (broad SMARTS) is 1. The summed E-state index contributed by atoms with van der Waals surface area (Å²) in [5, 5.41) is 8.93. The van der Waals surface area contributed by atoms with Crippen molar-refractivity contribution >= 4 is 5.97 Å². The molecular weight excluding hydrogens is 218 g/mol. The van der Waals surface area contributed by atoms with Gasteiger partial charge in [-0.15, -0.1) is 0 Å². The maximum absolute atomic E-state index is 10.9. The molecule has 1 aromatic rings. The topological polar surface area (TPSA) is 49.8 Å². The van der Waals surface area contributed by atoms with Gasteiger partial charge in [-0.05, 0) is 27.0 Å². The van der Waals surface area contributed by atoms with Crippen molar-refractivity contribution in [3.05, 3.63) is 29.8 Å². The zero-order chi connectivity index (χ0) is 12.8. The maximum Gasteiger partial charge on any atom is 0.320 e. The van der Waals surface area contributed by atoms with Gasteiger partial charge in [0, 0.05) is 12.1 Å². The van der Waals surface area contributed by atoms with Crippen LogP contribution in [0.25, 0.3) is 0 Å². The van der Waals surface area contributed by atoms with E-state index < -0.39 is 12.0 Å². The van der Waals surface area contributed by atoms with E-state index in [1.807, 2.05) is 31.2 Å². The number of aliphatic carboxylic acids is 1. The standard InChI is InChI=1S/C13H19NO3/c1-4-17-12-8-6-5-7-11(12)9-14(3)10(2)13(15)16/h5-8,10H,4,9H2,1-3H3,(H,15,16)/t10-/m1/s1. The van der Waals surface area contributed by atoms with Gasteiger partial charge in [0.1, 0.15) is 11.8 Å². The molecule has 0 spiro atoms. The number of rotatable bonds is 6. The van der Waals surface area contributed by atoms with E-state index in [9.17, 15) is 4.79 Å². The van der Waals surface area contributed by atoms with Crippen LogP contribution in [0, 0.1) is 0 Å². The molecule has 0 saturated heterocycles. The molecule has 0 aliphatic rings. The van der Waals surface area contributed by atoms with Crippen molar-refractivity contribution < 1.29 is 14.6 Å². The average Bonchev–Trinajstić information content (AvgIpc) is 2.30. The minimum Gasteiger partial charge on any atom is -0.494 e. The summed E-state index contributed by atoms with van der Waals surface area (Å²) in [6.07, 6.45) is 0. The fraction of sp³-hybridized carbons (Fsp3) is 0.462. The van der Waals surface area contributed by atoms with Crippen molar-refractivity contribution in [2.45, 2.75) is 26.4 Å². The van der Waals surface area contributed by atoms with E-state index in [2.05, 4.69) is 0 Å². The fourth-order valence-electron chi connectivity index (χ4n) is 1.52. The van der Waals surface area contributed by atoms with Gasteiger partial charge in [-0.3, -0.25) is 9.69 Å². The van der Waals surface area contributed by atoms with Crippen molar-refractivity contribution in [1.82, 2.24) is 4.90 Å². The number of benzene rings is 1. The first-order valence-electron chi connectivity index (χ1n) is 5.70. The van der Waals surface area contributed by atoms with Crippen LogP contribution in [0.1, 0.15) is 19.4 Å². The summed E-state index contributed by atoms with van der Waals surface area (Å²) < 4.78 is 5.50. The number of hydrogen-bond donors (Lipinski definition) is 1. The third-order valence-electron chi connectivity index (χ3n) is 2.71. The largest absolute Gasteiger partial charge is 0.494 e. The van der Waals surface area contributed by atoms with Crippen LogP contribution in [0.3, 0.4) is 0 Å². The van der Waals surface area contributed by atoms with Crippen molar-refractivity contribution in [2.75, 3.05) is 13.7 Å².